The van der Waals surface area contributed by atoms with Crippen molar-refractivity contribution in [3.63, 3.8) is 0 Å². The summed E-state index contributed by atoms with van der Waals surface area (Å²) in [6.07, 6.45) is 0. The van der Waals surface area contributed by atoms with Crippen LogP contribution in [0.5, 0.6) is 0 Å². The molecular formula is C18H22N2O5S. The zero-order chi connectivity index (χ0) is 19.2. The summed E-state index contributed by atoms with van der Waals surface area (Å²) in [5, 5.41) is 12.2. The molecule has 2 aromatic rings. The number of hydrogen-bond acceptors (Lipinski definition) is 5. The quantitative estimate of drug-likeness (QED) is 0.618. The Morgan fingerprint density at radius 3 is 2.50 bits per heavy atom. The largest absolute Gasteiger partial charge is 0.478 e. The molecule has 0 heterocycles. The number of rotatable bonds is 9. The lowest BCUT2D eigenvalue weighted by Crippen LogP contribution is -2.36. The first kappa shape index (κ1) is 19.9. The van der Waals surface area contributed by atoms with Crippen molar-refractivity contribution in [1.29, 1.82) is 0 Å². The second kappa shape index (κ2) is 8.79. The molecule has 0 aromatic heterocycles. The van der Waals surface area contributed by atoms with Gasteiger partial charge in [0.25, 0.3) is 0 Å². The van der Waals surface area contributed by atoms with Crippen LogP contribution in [-0.2, 0) is 21.3 Å². The van der Waals surface area contributed by atoms with Crippen molar-refractivity contribution >= 4 is 21.7 Å². The van der Waals surface area contributed by atoms with Crippen molar-refractivity contribution in [2.24, 2.45) is 0 Å². The van der Waals surface area contributed by atoms with Crippen LogP contribution in [0.25, 0.3) is 0 Å². The number of methoxy groups -OCH3 is 1. The van der Waals surface area contributed by atoms with E-state index in [1.165, 1.54) is 19.2 Å². The summed E-state index contributed by atoms with van der Waals surface area (Å²) in [5.74, 6) is -1.19. The number of sulfonamides is 1. The van der Waals surface area contributed by atoms with Crippen molar-refractivity contribution in [1.82, 2.24) is 4.72 Å². The van der Waals surface area contributed by atoms with Crippen LogP contribution in [0.3, 0.4) is 0 Å². The van der Waals surface area contributed by atoms with Gasteiger partial charge >= 0.3 is 5.97 Å². The van der Waals surface area contributed by atoms with Gasteiger partial charge in [0.1, 0.15) is 4.90 Å². The van der Waals surface area contributed by atoms with Crippen LogP contribution in [0.15, 0.2) is 53.4 Å². The number of nitrogens with one attached hydrogen (secondary N) is 2. The summed E-state index contributed by atoms with van der Waals surface area (Å²) in [6.45, 7) is 2.27. The van der Waals surface area contributed by atoms with E-state index in [1.807, 2.05) is 30.3 Å². The molecule has 140 valence electrons. The highest BCUT2D eigenvalue weighted by Gasteiger charge is 2.23. The van der Waals surface area contributed by atoms with Crippen molar-refractivity contribution in [2.45, 2.75) is 24.4 Å². The molecule has 0 spiro atoms. The number of carbonyl (C=O) groups is 1. The van der Waals surface area contributed by atoms with Crippen molar-refractivity contribution < 1.29 is 23.1 Å². The molecule has 8 heteroatoms. The Balaban J connectivity index is 2.34. The van der Waals surface area contributed by atoms with E-state index in [0.29, 0.717) is 12.2 Å². The lowest BCUT2D eigenvalue weighted by atomic mass is 10.2. The first-order chi connectivity index (χ1) is 12.3. The summed E-state index contributed by atoms with van der Waals surface area (Å²) in [5.41, 5.74) is 1.20. The Morgan fingerprint density at radius 2 is 1.88 bits per heavy atom. The third-order valence-corrected chi connectivity index (χ3v) is 5.25. The van der Waals surface area contributed by atoms with Gasteiger partial charge in [0.15, 0.2) is 0 Å². The van der Waals surface area contributed by atoms with E-state index in [-0.39, 0.29) is 17.1 Å². The first-order valence-corrected chi connectivity index (χ1v) is 9.48. The lowest BCUT2D eigenvalue weighted by molar-refractivity contribution is 0.0696. The second-order valence-electron chi connectivity index (χ2n) is 5.83. The molecule has 0 fully saturated rings. The fraction of sp³-hybridized carbons (Fsp3) is 0.278. The molecule has 2 rings (SSSR count). The minimum Gasteiger partial charge on any atom is -0.478 e. The van der Waals surface area contributed by atoms with E-state index < -0.39 is 22.0 Å². The molecule has 3 N–H and O–H groups in total. The standard InChI is InChI=1S/C18H22N2O5S/c1-13(12-25-2)20-26(23,24)17-10-15(18(21)22)8-9-16(17)19-11-14-6-4-3-5-7-14/h3-10,13,19-20H,11-12H2,1-2H3,(H,21,22)/t13-/m1/s1. The zero-order valence-electron chi connectivity index (χ0n) is 14.6. The summed E-state index contributed by atoms with van der Waals surface area (Å²) < 4.78 is 32.9. The summed E-state index contributed by atoms with van der Waals surface area (Å²) in [6, 6.07) is 13.0. The smallest absolute Gasteiger partial charge is 0.335 e. The molecule has 0 aliphatic carbocycles. The maximum Gasteiger partial charge on any atom is 0.335 e. The molecule has 0 aliphatic heterocycles. The fourth-order valence-corrected chi connectivity index (χ4v) is 3.87. The Labute approximate surface area is 153 Å². The van der Waals surface area contributed by atoms with Gasteiger partial charge in [-0.15, -0.1) is 0 Å². The van der Waals surface area contributed by atoms with Gasteiger partial charge in [-0.3, -0.25) is 0 Å². The molecule has 2 aromatic carbocycles. The highest BCUT2D eigenvalue weighted by atomic mass is 32.2. The third kappa shape index (κ3) is 5.29. The Hall–Kier alpha value is -2.42. The highest BCUT2D eigenvalue weighted by molar-refractivity contribution is 7.89. The number of carboxylic acids is 1. The number of benzene rings is 2. The van der Waals surface area contributed by atoms with Crippen LogP contribution < -0.4 is 10.0 Å². The molecule has 0 radical (unpaired) electrons. The predicted octanol–water partition coefficient (Wildman–Crippen LogP) is 2.31. The lowest BCUT2D eigenvalue weighted by Gasteiger charge is -2.17. The normalized spacial score (nSPS) is 12.5. The Bertz CT molecular complexity index is 853. The van der Waals surface area contributed by atoms with Gasteiger partial charge in [-0.05, 0) is 30.7 Å². The molecule has 0 aliphatic rings. The minimum atomic E-state index is -3.93. The topological polar surface area (TPSA) is 105 Å². The van der Waals surface area contributed by atoms with E-state index in [0.717, 1.165) is 11.6 Å². The molecule has 0 unspecified atom stereocenters. The van der Waals surface area contributed by atoms with Crippen LogP contribution in [0, 0.1) is 0 Å². The molecule has 0 saturated carbocycles. The van der Waals surface area contributed by atoms with Gasteiger partial charge in [-0.1, -0.05) is 30.3 Å². The summed E-state index contributed by atoms with van der Waals surface area (Å²) in [4.78, 5) is 11.1. The van der Waals surface area contributed by atoms with Crippen LogP contribution in [-0.4, -0.2) is 39.3 Å². The molecule has 0 bridgehead atoms. The SMILES string of the molecule is COC[C@@H](C)NS(=O)(=O)c1cc(C(=O)O)ccc1NCc1ccccc1. The summed E-state index contributed by atoms with van der Waals surface area (Å²) in [7, 11) is -2.45. The van der Waals surface area contributed by atoms with Crippen molar-refractivity contribution in [2.75, 3.05) is 19.0 Å². The van der Waals surface area contributed by atoms with Gasteiger partial charge in [0, 0.05) is 19.7 Å². The molecular weight excluding hydrogens is 356 g/mol. The average Bonchev–Trinajstić information content (AvgIpc) is 2.60. The first-order valence-electron chi connectivity index (χ1n) is 8.00. The number of hydrogen-bond donors (Lipinski definition) is 3. The maximum atomic E-state index is 12.7. The van der Waals surface area contributed by atoms with Gasteiger partial charge in [-0.25, -0.2) is 17.9 Å². The maximum absolute atomic E-state index is 12.7. The van der Waals surface area contributed by atoms with Gasteiger partial charge in [0.05, 0.1) is 17.9 Å². The van der Waals surface area contributed by atoms with Crippen LogP contribution in [0.2, 0.25) is 0 Å². The molecule has 1 atom stereocenters. The Morgan fingerprint density at radius 1 is 1.19 bits per heavy atom. The molecule has 26 heavy (non-hydrogen) atoms. The third-order valence-electron chi connectivity index (χ3n) is 3.62. The monoisotopic (exact) mass is 378 g/mol. The van der Waals surface area contributed by atoms with E-state index >= 15 is 0 Å². The van der Waals surface area contributed by atoms with Crippen molar-refractivity contribution in [3.05, 3.63) is 59.7 Å². The van der Waals surface area contributed by atoms with E-state index in [4.69, 9.17) is 4.74 Å². The zero-order valence-corrected chi connectivity index (χ0v) is 15.4. The Kier molecular flexibility index (Phi) is 6.73. The van der Waals surface area contributed by atoms with Gasteiger partial charge < -0.3 is 15.2 Å². The van der Waals surface area contributed by atoms with Crippen LogP contribution >= 0.6 is 0 Å². The number of aromatic carboxylic acids is 1. The predicted molar refractivity (Wildman–Crippen MR) is 98.8 cm³/mol. The molecule has 7 nitrogen and oxygen atoms in total. The average molecular weight is 378 g/mol. The van der Waals surface area contributed by atoms with Gasteiger partial charge in [-0.2, -0.15) is 0 Å². The molecule has 0 saturated heterocycles. The fourth-order valence-electron chi connectivity index (χ4n) is 2.43. The second-order valence-corrected chi connectivity index (χ2v) is 7.52. The number of anilines is 1. The number of ether oxygens (including phenoxy) is 1. The van der Waals surface area contributed by atoms with Gasteiger partial charge in [0.2, 0.25) is 10.0 Å². The molecule has 0 amide bonds. The summed E-state index contributed by atoms with van der Waals surface area (Å²) >= 11 is 0. The highest BCUT2D eigenvalue weighted by Crippen LogP contribution is 2.24. The van der Waals surface area contributed by atoms with E-state index in [1.54, 1.807) is 6.92 Å². The minimum absolute atomic E-state index is 0.102. The van der Waals surface area contributed by atoms with E-state index in [2.05, 4.69) is 10.0 Å². The van der Waals surface area contributed by atoms with Crippen LogP contribution in [0.1, 0.15) is 22.8 Å². The van der Waals surface area contributed by atoms with Crippen LogP contribution in [0.4, 0.5) is 5.69 Å². The van der Waals surface area contributed by atoms with Crippen molar-refractivity contribution in [3.8, 4) is 0 Å². The number of carboxylic acid groups (broad SMARTS) is 1. The van der Waals surface area contributed by atoms with E-state index in [9.17, 15) is 18.3 Å².